The molecule has 2 rings (SSSR count). The summed E-state index contributed by atoms with van der Waals surface area (Å²) in [4.78, 5) is 11.6. The number of hydrogen-bond acceptors (Lipinski definition) is 4. The Hall–Kier alpha value is -1.01. The van der Waals surface area contributed by atoms with Crippen LogP contribution in [0.25, 0.3) is 0 Å². The van der Waals surface area contributed by atoms with Crippen LogP contribution in [0.3, 0.4) is 0 Å². The molecule has 14 heavy (non-hydrogen) atoms. The van der Waals surface area contributed by atoms with Gasteiger partial charge < -0.3 is 10.6 Å². The Morgan fingerprint density at radius 2 is 2.64 bits per heavy atom. The van der Waals surface area contributed by atoms with Crippen LogP contribution < -0.4 is 10.6 Å². The summed E-state index contributed by atoms with van der Waals surface area (Å²) in [7, 11) is 0. The van der Waals surface area contributed by atoms with Gasteiger partial charge >= 0.3 is 0 Å². The van der Waals surface area contributed by atoms with Gasteiger partial charge in [0.1, 0.15) is 0 Å². The van der Waals surface area contributed by atoms with E-state index < -0.39 is 0 Å². The smallest absolute Gasteiger partial charge is 0.242 e. The molecule has 1 unspecified atom stereocenters. The number of rotatable bonds is 2. The van der Waals surface area contributed by atoms with Crippen molar-refractivity contribution in [2.45, 2.75) is 6.04 Å². The fourth-order valence-electron chi connectivity index (χ4n) is 1.28. The number of nitrogens with zero attached hydrogens (tertiary/aromatic N) is 1. The van der Waals surface area contributed by atoms with Crippen LogP contribution in [0.15, 0.2) is 12.4 Å². The minimum Gasteiger partial charge on any atom is -0.322 e. The molecule has 0 saturated carbocycles. The molecule has 1 aromatic rings. The van der Waals surface area contributed by atoms with Crippen LogP contribution in [0.1, 0.15) is 0 Å². The van der Waals surface area contributed by atoms with Crippen LogP contribution in [0.5, 0.6) is 0 Å². The molecular formula is C8H12N4OS. The third kappa shape index (κ3) is 2.27. The summed E-state index contributed by atoms with van der Waals surface area (Å²) < 4.78 is 0. The number of carbonyl (C=O) groups is 1. The normalized spacial score (nSPS) is 21.9. The summed E-state index contributed by atoms with van der Waals surface area (Å²) in [6.07, 6.45) is 3.25. The number of H-pyrrole nitrogens is 1. The third-order valence-corrected chi connectivity index (χ3v) is 3.07. The minimum absolute atomic E-state index is 0.0126. The molecule has 0 aromatic carbocycles. The van der Waals surface area contributed by atoms with Crippen molar-refractivity contribution in [2.24, 2.45) is 0 Å². The molecule has 3 N–H and O–H groups in total. The van der Waals surface area contributed by atoms with E-state index in [9.17, 15) is 4.79 Å². The average molecular weight is 212 g/mol. The van der Waals surface area contributed by atoms with Gasteiger partial charge in [0.05, 0.1) is 17.9 Å². The van der Waals surface area contributed by atoms with Crippen molar-refractivity contribution in [2.75, 3.05) is 23.4 Å². The highest BCUT2D eigenvalue weighted by molar-refractivity contribution is 7.99. The van der Waals surface area contributed by atoms with Gasteiger partial charge in [-0.1, -0.05) is 0 Å². The Morgan fingerprint density at radius 3 is 3.29 bits per heavy atom. The summed E-state index contributed by atoms with van der Waals surface area (Å²) in [5, 5.41) is 12.4. The number of carbonyl (C=O) groups excluding carboxylic acids is 1. The van der Waals surface area contributed by atoms with Crippen molar-refractivity contribution in [1.29, 1.82) is 0 Å². The first-order valence-corrected chi connectivity index (χ1v) is 5.62. The molecule has 0 spiro atoms. The molecular weight excluding hydrogens is 200 g/mol. The van der Waals surface area contributed by atoms with Crippen molar-refractivity contribution in [1.82, 2.24) is 15.5 Å². The molecule has 0 aliphatic carbocycles. The second-order valence-corrected chi connectivity index (χ2v) is 4.21. The molecule has 1 fully saturated rings. The molecule has 1 aliphatic heterocycles. The van der Waals surface area contributed by atoms with Crippen molar-refractivity contribution < 1.29 is 4.79 Å². The standard InChI is InChI=1S/C8H12N4OS/c13-8(7-5-14-2-1-9-7)12-6-3-10-11-4-6/h3-4,7,9H,1-2,5H2,(H,10,11)(H,12,13). The molecule has 1 aromatic heterocycles. The second kappa shape index (κ2) is 4.47. The van der Waals surface area contributed by atoms with Gasteiger partial charge in [0, 0.05) is 24.2 Å². The summed E-state index contributed by atoms with van der Waals surface area (Å²) in [5.74, 6) is 1.93. The van der Waals surface area contributed by atoms with E-state index in [0.29, 0.717) is 5.69 Å². The van der Waals surface area contributed by atoms with Gasteiger partial charge in [-0.05, 0) is 0 Å². The van der Waals surface area contributed by atoms with Gasteiger partial charge in [0.2, 0.25) is 5.91 Å². The Bertz CT molecular complexity index is 294. The maximum atomic E-state index is 11.6. The topological polar surface area (TPSA) is 69.8 Å². The number of amides is 1. The number of anilines is 1. The van der Waals surface area contributed by atoms with E-state index in [-0.39, 0.29) is 11.9 Å². The first kappa shape index (κ1) is 9.54. The number of aromatic amines is 1. The zero-order chi connectivity index (χ0) is 9.80. The van der Waals surface area contributed by atoms with E-state index >= 15 is 0 Å². The fraction of sp³-hybridized carbons (Fsp3) is 0.500. The number of nitrogens with one attached hydrogen (secondary N) is 3. The second-order valence-electron chi connectivity index (χ2n) is 3.06. The lowest BCUT2D eigenvalue weighted by Gasteiger charge is -2.21. The number of hydrogen-bond donors (Lipinski definition) is 3. The zero-order valence-corrected chi connectivity index (χ0v) is 8.43. The lowest BCUT2D eigenvalue weighted by atomic mass is 10.3. The van der Waals surface area contributed by atoms with E-state index in [1.165, 1.54) is 0 Å². The van der Waals surface area contributed by atoms with Gasteiger partial charge in [-0.15, -0.1) is 0 Å². The molecule has 0 bridgehead atoms. The van der Waals surface area contributed by atoms with Crippen LogP contribution in [-0.4, -0.2) is 40.2 Å². The van der Waals surface area contributed by atoms with E-state index in [1.807, 2.05) is 0 Å². The van der Waals surface area contributed by atoms with Crippen molar-refractivity contribution in [3.8, 4) is 0 Å². The SMILES string of the molecule is O=C(Nc1cn[nH]c1)C1CSCCN1. The maximum absolute atomic E-state index is 11.6. The highest BCUT2D eigenvalue weighted by Gasteiger charge is 2.20. The monoisotopic (exact) mass is 212 g/mol. The van der Waals surface area contributed by atoms with Crippen molar-refractivity contribution in [3.05, 3.63) is 12.4 Å². The first-order chi connectivity index (χ1) is 6.86. The molecule has 1 saturated heterocycles. The van der Waals surface area contributed by atoms with Crippen LogP contribution in [0.2, 0.25) is 0 Å². The van der Waals surface area contributed by atoms with Gasteiger partial charge in [-0.25, -0.2) is 0 Å². The maximum Gasteiger partial charge on any atom is 0.242 e. The molecule has 76 valence electrons. The molecule has 2 heterocycles. The predicted molar refractivity (Wildman–Crippen MR) is 56.3 cm³/mol. The van der Waals surface area contributed by atoms with Crippen LogP contribution >= 0.6 is 11.8 Å². The number of thioether (sulfide) groups is 1. The Kier molecular flexibility index (Phi) is 3.05. The van der Waals surface area contributed by atoms with E-state index in [2.05, 4.69) is 20.8 Å². The van der Waals surface area contributed by atoms with Gasteiger partial charge in [0.15, 0.2) is 0 Å². The summed E-state index contributed by atoms with van der Waals surface area (Å²) >= 11 is 1.80. The molecule has 1 aliphatic rings. The molecule has 1 atom stereocenters. The summed E-state index contributed by atoms with van der Waals surface area (Å²) in [5.41, 5.74) is 0.715. The predicted octanol–water partition coefficient (Wildman–Crippen LogP) is 0.0532. The van der Waals surface area contributed by atoms with Crippen LogP contribution in [0, 0.1) is 0 Å². The molecule has 5 nitrogen and oxygen atoms in total. The average Bonchev–Trinajstić information content (AvgIpc) is 2.72. The van der Waals surface area contributed by atoms with Gasteiger partial charge in [-0.3, -0.25) is 9.89 Å². The van der Waals surface area contributed by atoms with Crippen LogP contribution in [0.4, 0.5) is 5.69 Å². The highest BCUT2D eigenvalue weighted by Crippen LogP contribution is 2.09. The largest absolute Gasteiger partial charge is 0.322 e. The minimum atomic E-state index is -0.0800. The van der Waals surface area contributed by atoms with Crippen molar-refractivity contribution in [3.63, 3.8) is 0 Å². The van der Waals surface area contributed by atoms with E-state index in [4.69, 9.17) is 0 Å². The number of aromatic nitrogens is 2. The lowest BCUT2D eigenvalue weighted by Crippen LogP contribution is -2.46. The molecule has 1 amide bonds. The summed E-state index contributed by atoms with van der Waals surface area (Å²) in [6, 6.07) is -0.0800. The lowest BCUT2D eigenvalue weighted by molar-refractivity contribution is -0.117. The molecule has 6 heteroatoms. The Balaban J connectivity index is 1.88. The van der Waals surface area contributed by atoms with Gasteiger partial charge in [0.25, 0.3) is 0 Å². The highest BCUT2D eigenvalue weighted by atomic mass is 32.2. The quantitative estimate of drug-likeness (QED) is 0.648. The molecule has 0 radical (unpaired) electrons. The van der Waals surface area contributed by atoms with E-state index in [1.54, 1.807) is 24.2 Å². The Labute approximate surface area is 86.0 Å². The van der Waals surface area contributed by atoms with E-state index in [0.717, 1.165) is 18.1 Å². The zero-order valence-electron chi connectivity index (χ0n) is 7.62. The third-order valence-electron chi connectivity index (χ3n) is 2.00. The first-order valence-electron chi connectivity index (χ1n) is 4.47. The fourth-order valence-corrected chi connectivity index (χ4v) is 2.22. The van der Waals surface area contributed by atoms with Crippen molar-refractivity contribution >= 4 is 23.4 Å². The summed E-state index contributed by atoms with van der Waals surface area (Å²) in [6.45, 7) is 0.897. The van der Waals surface area contributed by atoms with Gasteiger partial charge in [-0.2, -0.15) is 16.9 Å². The van der Waals surface area contributed by atoms with Crippen LogP contribution in [-0.2, 0) is 4.79 Å². The Morgan fingerprint density at radius 1 is 1.71 bits per heavy atom.